The molecule has 0 unspecified atom stereocenters. The Kier molecular flexibility index (Phi) is 6.31. The number of nitrogens with one attached hydrogen (secondary N) is 1. The number of nitrogens with zero attached hydrogens (tertiary/aromatic N) is 2. The van der Waals surface area contributed by atoms with Gasteiger partial charge < -0.3 is 9.50 Å². The van der Waals surface area contributed by atoms with E-state index in [0.717, 1.165) is 17.1 Å². The highest BCUT2D eigenvalue weighted by molar-refractivity contribution is 14.1. The van der Waals surface area contributed by atoms with Crippen LogP contribution in [-0.2, 0) is 23.4 Å². The van der Waals surface area contributed by atoms with E-state index in [9.17, 15) is 19.2 Å². The van der Waals surface area contributed by atoms with E-state index in [-0.39, 0.29) is 33.2 Å². The second-order valence-corrected chi connectivity index (χ2v) is 5.91. The average molecular weight is 461 g/mol. The van der Waals surface area contributed by atoms with Gasteiger partial charge in [-0.25, -0.2) is 9.88 Å². The number of imide groups is 1. The van der Waals surface area contributed by atoms with Crippen LogP contribution in [0.4, 0.5) is 11.4 Å². The van der Waals surface area contributed by atoms with E-state index in [2.05, 4.69) is 10.3 Å². The summed E-state index contributed by atoms with van der Waals surface area (Å²) in [6.45, 7) is 1.63. The maximum absolute atomic E-state index is 12.0. The van der Waals surface area contributed by atoms with Crippen molar-refractivity contribution in [3.8, 4) is 0 Å². The quantitative estimate of drug-likeness (QED) is 0.298. The van der Waals surface area contributed by atoms with Gasteiger partial charge in [0.2, 0.25) is 5.91 Å². The highest BCUT2D eigenvalue weighted by Crippen LogP contribution is 2.37. The fraction of sp³-hybridized carbons (Fsp3) is 0.214. The Balaban J connectivity index is 2.44. The summed E-state index contributed by atoms with van der Waals surface area (Å²) in [4.78, 5) is 52.0. The molecule has 3 amide bonds. The van der Waals surface area contributed by atoms with Crippen molar-refractivity contribution < 1.29 is 23.4 Å². The fourth-order valence-electron chi connectivity index (χ4n) is 1.76. The molecule has 0 aromatic carbocycles. The zero-order valence-corrected chi connectivity index (χ0v) is 15.4. The maximum atomic E-state index is 12.0. The molecular weight excluding hydrogens is 449 g/mol. The Bertz CT molecular complexity index is 719. The number of anilines is 2. The number of carbonyl (C=O) groups excluding carboxylic acids is 4. The molecule has 126 valence electrons. The SMILES string of the molecule is CCC(=O)OSc1nccc(NC(=O)CI)c1N1C(=O)C=CC1=O. The summed E-state index contributed by atoms with van der Waals surface area (Å²) in [6.07, 6.45) is 3.78. The molecule has 0 spiro atoms. The third-order valence-electron chi connectivity index (χ3n) is 2.82. The number of pyridine rings is 1. The van der Waals surface area contributed by atoms with Crippen LogP contribution < -0.4 is 10.2 Å². The van der Waals surface area contributed by atoms with Crippen LogP contribution in [0.15, 0.2) is 29.4 Å². The van der Waals surface area contributed by atoms with E-state index in [1.807, 2.05) is 22.6 Å². The van der Waals surface area contributed by atoms with Gasteiger partial charge in [-0.3, -0.25) is 19.2 Å². The number of alkyl halides is 1. The number of aromatic nitrogens is 1. The van der Waals surface area contributed by atoms with Crippen LogP contribution in [0.5, 0.6) is 0 Å². The van der Waals surface area contributed by atoms with Gasteiger partial charge in [0.15, 0.2) is 5.03 Å². The molecule has 1 N–H and O–H groups in total. The van der Waals surface area contributed by atoms with Crippen molar-refractivity contribution in [1.82, 2.24) is 4.98 Å². The predicted octanol–water partition coefficient (Wildman–Crippen LogP) is 1.84. The number of hydrogen-bond acceptors (Lipinski definition) is 7. The molecule has 2 heterocycles. The molecule has 1 aliphatic rings. The molecule has 0 bridgehead atoms. The summed E-state index contributed by atoms with van der Waals surface area (Å²) in [6, 6.07) is 1.46. The van der Waals surface area contributed by atoms with Crippen LogP contribution in [0.3, 0.4) is 0 Å². The van der Waals surface area contributed by atoms with Gasteiger partial charge >= 0.3 is 5.97 Å². The summed E-state index contributed by atoms with van der Waals surface area (Å²) in [5, 5.41) is 2.73. The van der Waals surface area contributed by atoms with E-state index in [0.29, 0.717) is 12.0 Å². The Labute approximate surface area is 155 Å². The molecule has 24 heavy (non-hydrogen) atoms. The number of rotatable bonds is 6. The largest absolute Gasteiger partial charge is 0.384 e. The van der Waals surface area contributed by atoms with Gasteiger partial charge in [-0.15, -0.1) is 0 Å². The minimum Gasteiger partial charge on any atom is -0.384 e. The topological polar surface area (TPSA) is 106 Å². The van der Waals surface area contributed by atoms with E-state index >= 15 is 0 Å². The highest BCUT2D eigenvalue weighted by atomic mass is 127. The summed E-state index contributed by atoms with van der Waals surface area (Å²) in [5.41, 5.74) is 0.303. The number of amides is 3. The number of hydrogen-bond donors (Lipinski definition) is 1. The van der Waals surface area contributed by atoms with Crippen molar-refractivity contribution in [3.63, 3.8) is 0 Å². The van der Waals surface area contributed by atoms with Gasteiger partial charge in [-0.1, -0.05) is 29.5 Å². The molecule has 8 nitrogen and oxygen atoms in total. The first-order valence-electron chi connectivity index (χ1n) is 6.76. The average Bonchev–Trinajstić information content (AvgIpc) is 2.91. The van der Waals surface area contributed by atoms with Gasteiger partial charge in [0.05, 0.1) is 10.1 Å². The molecule has 1 aromatic heterocycles. The van der Waals surface area contributed by atoms with Gasteiger partial charge in [0.1, 0.15) is 17.7 Å². The third-order valence-corrected chi connectivity index (χ3v) is 4.24. The second kappa shape index (κ2) is 8.24. The third kappa shape index (κ3) is 4.12. The fourth-order valence-corrected chi connectivity index (χ4v) is 2.63. The second-order valence-electron chi connectivity index (χ2n) is 4.43. The lowest BCUT2D eigenvalue weighted by molar-refractivity contribution is -0.132. The van der Waals surface area contributed by atoms with E-state index in [1.54, 1.807) is 6.92 Å². The molecule has 1 aromatic rings. The molecule has 1 aliphatic heterocycles. The smallest absolute Gasteiger partial charge is 0.317 e. The zero-order chi connectivity index (χ0) is 17.7. The summed E-state index contributed by atoms with van der Waals surface area (Å²) in [7, 11) is 0. The van der Waals surface area contributed by atoms with Crippen LogP contribution in [0, 0.1) is 0 Å². The Morgan fingerprint density at radius 3 is 2.58 bits per heavy atom. The van der Waals surface area contributed by atoms with E-state index < -0.39 is 17.8 Å². The Morgan fingerprint density at radius 2 is 2.00 bits per heavy atom. The van der Waals surface area contributed by atoms with Gasteiger partial charge in [0, 0.05) is 24.8 Å². The van der Waals surface area contributed by atoms with Crippen LogP contribution >= 0.6 is 34.6 Å². The van der Waals surface area contributed by atoms with Crippen LogP contribution in [0.2, 0.25) is 0 Å². The maximum Gasteiger partial charge on any atom is 0.317 e. The van der Waals surface area contributed by atoms with Crippen molar-refractivity contribution in [1.29, 1.82) is 0 Å². The predicted molar refractivity (Wildman–Crippen MR) is 95.6 cm³/mol. The van der Waals surface area contributed by atoms with Crippen LogP contribution in [-0.4, -0.2) is 33.1 Å². The standard InChI is InChI=1S/C14H12IN3O5S/c1-2-12(22)23-24-14-13(18-10(20)3-4-11(18)21)8(5-6-16-14)17-9(19)7-15/h3-6H,2,7H2,1H3,(H,16,17,19). The molecule has 2 rings (SSSR count). The molecule has 0 saturated heterocycles. The molecule has 0 saturated carbocycles. The Morgan fingerprint density at radius 1 is 1.33 bits per heavy atom. The van der Waals surface area contributed by atoms with E-state index in [4.69, 9.17) is 4.18 Å². The highest BCUT2D eigenvalue weighted by Gasteiger charge is 2.31. The molecule has 0 atom stereocenters. The Hall–Kier alpha value is -1.95. The van der Waals surface area contributed by atoms with Crippen molar-refractivity contribution in [2.45, 2.75) is 18.4 Å². The first kappa shape index (κ1) is 18.4. The summed E-state index contributed by atoms with van der Waals surface area (Å²) >= 11 is 2.52. The normalized spacial score (nSPS) is 13.3. The van der Waals surface area contributed by atoms with Crippen molar-refractivity contribution in [2.24, 2.45) is 0 Å². The molecule has 0 aliphatic carbocycles. The minimum absolute atomic E-state index is 0.0737. The molecule has 10 heteroatoms. The van der Waals surface area contributed by atoms with Gasteiger partial charge in [0.25, 0.3) is 11.8 Å². The molecule has 0 radical (unpaired) electrons. The van der Waals surface area contributed by atoms with Gasteiger partial charge in [-0.2, -0.15) is 0 Å². The zero-order valence-electron chi connectivity index (χ0n) is 12.4. The first-order chi connectivity index (χ1) is 11.5. The van der Waals surface area contributed by atoms with Crippen molar-refractivity contribution in [2.75, 3.05) is 14.6 Å². The molecular formula is C14H12IN3O5S. The van der Waals surface area contributed by atoms with Crippen LogP contribution in [0.1, 0.15) is 13.3 Å². The number of halogens is 1. The van der Waals surface area contributed by atoms with Crippen molar-refractivity contribution in [3.05, 3.63) is 24.4 Å². The van der Waals surface area contributed by atoms with Gasteiger partial charge in [-0.05, 0) is 6.07 Å². The first-order valence-corrected chi connectivity index (χ1v) is 9.03. The number of carbonyl (C=O) groups is 4. The van der Waals surface area contributed by atoms with Crippen LogP contribution in [0.25, 0.3) is 0 Å². The lowest BCUT2D eigenvalue weighted by Crippen LogP contribution is -2.31. The molecule has 0 fully saturated rings. The minimum atomic E-state index is -0.568. The summed E-state index contributed by atoms with van der Waals surface area (Å²) in [5.74, 6) is -1.92. The monoisotopic (exact) mass is 461 g/mol. The van der Waals surface area contributed by atoms with Crippen molar-refractivity contribution >= 4 is 69.7 Å². The summed E-state index contributed by atoms with van der Waals surface area (Å²) < 4.78 is 5.15. The van der Waals surface area contributed by atoms with E-state index in [1.165, 1.54) is 12.3 Å². The lowest BCUT2D eigenvalue weighted by Gasteiger charge is -2.20. The lowest BCUT2D eigenvalue weighted by atomic mass is 10.3.